The summed E-state index contributed by atoms with van der Waals surface area (Å²) in [6, 6.07) is 0. The molecular weight excluding hydrogens is 258 g/mol. The quantitative estimate of drug-likeness (QED) is 0.859. The standard InChI is InChI=1S/C14H25N3OS/c1-14(2,3)15-10-12-16-17-13(19-12)18-11-8-6-4-5-7-9-11/h11,15H,4-10H2,1-3H3. The minimum absolute atomic E-state index is 0.105. The first-order valence-electron chi connectivity index (χ1n) is 7.27. The highest BCUT2D eigenvalue weighted by molar-refractivity contribution is 7.13. The van der Waals surface area contributed by atoms with E-state index in [1.54, 1.807) is 11.3 Å². The molecule has 1 aliphatic rings. The number of rotatable bonds is 4. The lowest BCUT2D eigenvalue weighted by molar-refractivity contribution is 0.181. The maximum absolute atomic E-state index is 5.97. The number of hydrogen-bond donors (Lipinski definition) is 1. The molecule has 2 rings (SSSR count). The number of nitrogens with one attached hydrogen (secondary N) is 1. The Balaban J connectivity index is 1.82. The van der Waals surface area contributed by atoms with Gasteiger partial charge in [0, 0.05) is 5.54 Å². The van der Waals surface area contributed by atoms with Gasteiger partial charge in [0.05, 0.1) is 6.54 Å². The lowest BCUT2D eigenvalue weighted by atomic mass is 10.1. The molecule has 0 unspecified atom stereocenters. The van der Waals surface area contributed by atoms with Crippen molar-refractivity contribution >= 4 is 11.3 Å². The van der Waals surface area contributed by atoms with Crippen molar-refractivity contribution in [3.05, 3.63) is 5.01 Å². The van der Waals surface area contributed by atoms with Gasteiger partial charge in [0.25, 0.3) is 5.19 Å². The van der Waals surface area contributed by atoms with E-state index in [1.165, 1.54) is 25.7 Å². The SMILES string of the molecule is CC(C)(C)NCc1nnc(OC2CCCCCC2)s1. The molecular formula is C14H25N3OS. The molecule has 4 nitrogen and oxygen atoms in total. The second-order valence-corrected chi connectivity index (χ2v) is 7.32. The molecule has 1 saturated carbocycles. The van der Waals surface area contributed by atoms with Gasteiger partial charge in [-0.2, -0.15) is 0 Å². The van der Waals surface area contributed by atoms with E-state index in [0.29, 0.717) is 6.10 Å². The molecule has 0 bridgehead atoms. The van der Waals surface area contributed by atoms with Crippen molar-refractivity contribution in [2.75, 3.05) is 0 Å². The van der Waals surface area contributed by atoms with Crippen LogP contribution >= 0.6 is 11.3 Å². The molecule has 19 heavy (non-hydrogen) atoms. The average Bonchev–Trinajstić information content (AvgIpc) is 2.61. The van der Waals surface area contributed by atoms with Gasteiger partial charge in [-0.15, -0.1) is 5.10 Å². The molecule has 1 N–H and O–H groups in total. The number of aromatic nitrogens is 2. The molecule has 5 heteroatoms. The summed E-state index contributed by atoms with van der Waals surface area (Å²) in [6.45, 7) is 7.21. The Labute approximate surface area is 120 Å². The third-order valence-electron chi connectivity index (χ3n) is 3.29. The van der Waals surface area contributed by atoms with E-state index in [2.05, 4.69) is 36.3 Å². The van der Waals surface area contributed by atoms with E-state index < -0.39 is 0 Å². The van der Waals surface area contributed by atoms with E-state index >= 15 is 0 Å². The minimum atomic E-state index is 0.105. The Kier molecular flexibility index (Phi) is 5.16. The van der Waals surface area contributed by atoms with Gasteiger partial charge < -0.3 is 10.1 Å². The third kappa shape index (κ3) is 5.45. The topological polar surface area (TPSA) is 47.0 Å². The van der Waals surface area contributed by atoms with Crippen LogP contribution in [0.3, 0.4) is 0 Å². The van der Waals surface area contributed by atoms with Crippen LogP contribution in [-0.2, 0) is 6.54 Å². The van der Waals surface area contributed by atoms with Crippen LogP contribution in [-0.4, -0.2) is 21.8 Å². The van der Waals surface area contributed by atoms with Gasteiger partial charge in [-0.3, -0.25) is 0 Å². The largest absolute Gasteiger partial charge is 0.466 e. The maximum Gasteiger partial charge on any atom is 0.294 e. The monoisotopic (exact) mass is 283 g/mol. The Bertz CT molecular complexity index is 378. The molecule has 1 fully saturated rings. The summed E-state index contributed by atoms with van der Waals surface area (Å²) in [5, 5.41) is 13.5. The smallest absolute Gasteiger partial charge is 0.294 e. The molecule has 108 valence electrons. The molecule has 0 aromatic carbocycles. The fourth-order valence-corrected chi connectivity index (χ4v) is 2.89. The van der Waals surface area contributed by atoms with Crippen molar-refractivity contribution in [3.63, 3.8) is 0 Å². The van der Waals surface area contributed by atoms with Crippen molar-refractivity contribution in [1.29, 1.82) is 0 Å². The Morgan fingerprint density at radius 2 is 1.84 bits per heavy atom. The van der Waals surface area contributed by atoms with Crippen LogP contribution in [0.4, 0.5) is 0 Å². The zero-order valence-electron chi connectivity index (χ0n) is 12.2. The molecule has 0 aliphatic heterocycles. The molecule has 0 spiro atoms. The molecule has 0 saturated heterocycles. The van der Waals surface area contributed by atoms with Crippen LogP contribution in [0.5, 0.6) is 5.19 Å². The first-order chi connectivity index (χ1) is 9.03. The van der Waals surface area contributed by atoms with Gasteiger partial charge in [0.15, 0.2) is 0 Å². The van der Waals surface area contributed by atoms with E-state index in [1.807, 2.05) is 0 Å². The van der Waals surface area contributed by atoms with E-state index in [0.717, 1.165) is 29.6 Å². The van der Waals surface area contributed by atoms with Crippen LogP contribution in [0, 0.1) is 0 Å². The van der Waals surface area contributed by atoms with Gasteiger partial charge >= 0.3 is 0 Å². The van der Waals surface area contributed by atoms with Crippen molar-refractivity contribution in [2.24, 2.45) is 0 Å². The molecule has 1 aliphatic carbocycles. The van der Waals surface area contributed by atoms with Crippen LogP contribution in [0.25, 0.3) is 0 Å². The normalized spacial score (nSPS) is 18.3. The zero-order chi connectivity index (χ0) is 13.7. The van der Waals surface area contributed by atoms with Gasteiger partial charge in [0.1, 0.15) is 11.1 Å². The third-order valence-corrected chi connectivity index (χ3v) is 4.10. The van der Waals surface area contributed by atoms with Crippen LogP contribution in [0.15, 0.2) is 0 Å². The fourth-order valence-electron chi connectivity index (χ4n) is 2.20. The summed E-state index contributed by atoms with van der Waals surface area (Å²) in [5.74, 6) is 0. The van der Waals surface area contributed by atoms with Crippen molar-refractivity contribution in [1.82, 2.24) is 15.5 Å². The first-order valence-corrected chi connectivity index (χ1v) is 8.09. The van der Waals surface area contributed by atoms with Gasteiger partial charge in [-0.1, -0.05) is 29.3 Å². The summed E-state index contributed by atoms with van der Waals surface area (Å²) < 4.78 is 5.97. The van der Waals surface area contributed by atoms with Gasteiger partial charge in [0.2, 0.25) is 0 Å². The lowest BCUT2D eigenvalue weighted by Crippen LogP contribution is -2.35. The molecule has 0 radical (unpaired) electrons. The average molecular weight is 283 g/mol. The zero-order valence-corrected chi connectivity index (χ0v) is 13.1. The molecule has 0 amide bonds. The van der Waals surface area contributed by atoms with Crippen molar-refractivity contribution in [2.45, 2.75) is 77.5 Å². The second kappa shape index (κ2) is 6.66. The first kappa shape index (κ1) is 14.7. The second-order valence-electron chi connectivity index (χ2n) is 6.30. The number of hydrogen-bond acceptors (Lipinski definition) is 5. The van der Waals surface area contributed by atoms with E-state index in [4.69, 9.17) is 4.74 Å². The Morgan fingerprint density at radius 3 is 2.47 bits per heavy atom. The summed E-state index contributed by atoms with van der Waals surface area (Å²) in [5.41, 5.74) is 0.105. The Hall–Kier alpha value is -0.680. The summed E-state index contributed by atoms with van der Waals surface area (Å²) >= 11 is 1.57. The minimum Gasteiger partial charge on any atom is -0.466 e. The molecule has 1 heterocycles. The Morgan fingerprint density at radius 1 is 1.16 bits per heavy atom. The van der Waals surface area contributed by atoms with Crippen LogP contribution in [0.2, 0.25) is 0 Å². The highest BCUT2D eigenvalue weighted by atomic mass is 32.1. The maximum atomic E-state index is 5.97. The number of nitrogens with zero attached hydrogens (tertiary/aromatic N) is 2. The van der Waals surface area contributed by atoms with Crippen LogP contribution in [0.1, 0.15) is 64.3 Å². The highest BCUT2D eigenvalue weighted by Crippen LogP contribution is 2.25. The van der Waals surface area contributed by atoms with Crippen LogP contribution < -0.4 is 10.1 Å². The highest BCUT2D eigenvalue weighted by Gasteiger charge is 2.16. The van der Waals surface area contributed by atoms with E-state index in [9.17, 15) is 0 Å². The lowest BCUT2D eigenvalue weighted by Gasteiger charge is -2.19. The van der Waals surface area contributed by atoms with E-state index in [-0.39, 0.29) is 5.54 Å². The summed E-state index contributed by atoms with van der Waals surface area (Å²) in [6.07, 6.45) is 7.92. The summed E-state index contributed by atoms with van der Waals surface area (Å²) in [7, 11) is 0. The number of ether oxygens (including phenoxy) is 1. The van der Waals surface area contributed by atoms with Crippen molar-refractivity contribution < 1.29 is 4.74 Å². The predicted octanol–water partition coefficient (Wildman–Crippen LogP) is 3.53. The van der Waals surface area contributed by atoms with Gasteiger partial charge in [-0.05, 0) is 46.5 Å². The molecule has 1 aromatic heterocycles. The summed E-state index contributed by atoms with van der Waals surface area (Å²) in [4.78, 5) is 0. The molecule has 0 atom stereocenters. The fraction of sp³-hybridized carbons (Fsp3) is 0.857. The van der Waals surface area contributed by atoms with Gasteiger partial charge in [-0.25, -0.2) is 0 Å². The molecule has 1 aromatic rings. The predicted molar refractivity (Wildman–Crippen MR) is 78.6 cm³/mol. The van der Waals surface area contributed by atoms with Crippen molar-refractivity contribution in [3.8, 4) is 5.19 Å².